The second-order valence-electron chi connectivity index (χ2n) is 7.14. The van der Waals surface area contributed by atoms with Crippen molar-refractivity contribution < 1.29 is 9.59 Å². The van der Waals surface area contributed by atoms with E-state index in [-0.39, 0.29) is 17.7 Å². The number of amides is 2. The fraction of sp³-hybridized carbons (Fsp3) is 0.474. The predicted molar refractivity (Wildman–Crippen MR) is 97.8 cm³/mol. The fourth-order valence-electron chi connectivity index (χ4n) is 3.09. The number of aryl methyl sites for hydroxylation is 1. The molecule has 1 aliphatic heterocycles. The Balaban J connectivity index is 1.59. The minimum atomic E-state index is -0.118. The zero-order valence-corrected chi connectivity index (χ0v) is 15.2. The van der Waals surface area contributed by atoms with E-state index < -0.39 is 0 Å². The Morgan fingerprint density at radius 2 is 2.12 bits per heavy atom. The minimum Gasteiger partial charge on any atom is -0.352 e. The first-order valence-corrected chi connectivity index (χ1v) is 9.05. The fourth-order valence-corrected chi connectivity index (χ4v) is 3.09. The number of nitrogens with one attached hydrogen (secondary N) is 2. The van der Waals surface area contributed by atoms with E-state index in [1.165, 1.54) is 0 Å². The number of carbonyl (C=O) groups excluding carboxylic acids is 2. The number of pyridine rings is 1. The maximum Gasteiger partial charge on any atom is 0.254 e. The zero-order valence-electron chi connectivity index (χ0n) is 15.2. The summed E-state index contributed by atoms with van der Waals surface area (Å²) in [5.74, 6) is 0.504. The van der Waals surface area contributed by atoms with E-state index in [0.717, 1.165) is 25.1 Å². The van der Waals surface area contributed by atoms with Crippen LogP contribution in [0.3, 0.4) is 0 Å². The summed E-state index contributed by atoms with van der Waals surface area (Å²) in [6.45, 7) is 6.11. The third-order valence-corrected chi connectivity index (χ3v) is 4.57. The van der Waals surface area contributed by atoms with Crippen LogP contribution in [-0.4, -0.2) is 39.7 Å². The first-order valence-electron chi connectivity index (χ1n) is 9.05. The molecule has 7 heteroatoms. The molecular formula is C19H25N5O2. The van der Waals surface area contributed by atoms with Gasteiger partial charge in [0.15, 0.2) is 0 Å². The van der Waals surface area contributed by atoms with E-state index in [2.05, 4.69) is 34.6 Å². The molecule has 1 unspecified atom stereocenters. The second-order valence-corrected chi connectivity index (χ2v) is 7.14. The van der Waals surface area contributed by atoms with Gasteiger partial charge in [-0.25, -0.2) is 0 Å². The third kappa shape index (κ3) is 4.28. The maximum atomic E-state index is 12.4. The zero-order chi connectivity index (χ0) is 18.5. The Labute approximate surface area is 153 Å². The molecule has 2 N–H and O–H groups in total. The predicted octanol–water partition coefficient (Wildman–Crippen LogP) is 1.66. The van der Waals surface area contributed by atoms with Crippen LogP contribution in [0.15, 0.2) is 30.7 Å². The molecular weight excluding hydrogens is 330 g/mol. The van der Waals surface area contributed by atoms with Gasteiger partial charge in [0.25, 0.3) is 11.8 Å². The lowest BCUT2D eigenvalue weighted by molar-refractivity contribution is 0.0933. The average molecular weight is 355 g/mol. The summed E-state index contributed by atoms with van der Waals surface area (Å²) < 4.78 is 1.91. The quantitative estimate of drug-likeness (QED) is 0.825. The molecule has 7 nitrogen and oxygen atoms in total. The van der Waals surface area contributed by atoms with E-state index in [1.807, 2.05) is 4.68 Å². The molecule has 0 saturated carbocycles. The van der Waals surface area contributed by atoms with Gasteiger partial charge in [-0.05, 0) is 36.8 Å². The molecule has 0 spiro atoms. The Morgan fingerprint density at radius 1 is 1.27 bits per heavy atom. The summed E-state index contributed by atoms with van der Waals surface area (Å²) in [6.07, 6.45) is 6.52. The number of hydrogen-bond acceptors (Lipinski definition) is 4. The van der Waals surface area contributed by atoms with Crippen molar-refractivity contribution in [1.29, 1.82) is 0 Å². The van der Waals surface area contributed by atoms with E-state index in [4.69, 9.17) is 0 Å². The van der Waals surface area contributed by atoms with Crippen LogP contribution in [0.2, 0.25) is 0 Å². The van der Waals surface area contributed by atoms with Gasteiger partial charge in [-0.15, -0.1) is 0 Å². The van der Waals surface area contributed by atoms with Gasteiger partial charge in [0.05, 0.1) is 23.0 Å². The van der Waals surface area contributed by atoms with Gasteiger partial charge in [-0.2, -0.15) is 5.10 Å². The van der Waals surface area contributed by atoms with E-state index >= 15 is 0 Å². The summed E-state index contributed by atoms with van der Waals surface area (Å²) in [4.78, 5) is 28.5. The smallest absolute Gasteiger partial charge is 0.254 e. The molecule has 3 heterocycles. The summed E-state index contributed by atoms with van der Waals surface area (Å²) in [5.41, 5.74) is 2.16. The van der Waals surface area contributed by atoms with Crippen LogP contribution in [0.1, 0.15) is 46.7 Å². The Bertz CT molecular complexity index is 769. The van der Waals surface area contributed by atoms with Crippen molar-refractivity contribution in [2.24, 2.45) is 11.8 Å². The summed E-state index contributed by atoms with van der Waals surface area (Å²) in [7, 11) is 0. The lowest BCUT2D eigenvalue weighted by Gasteiger charge is -2.24. The molecule has 0 bridgehead atoms. The molecule has 1 aliphatic rings. The normalized spacial score (nSPS) is 16.2. The van der Waals surface area contributed by atoms with Gasteiger partial charge in [0, 0.05) is 32.0 Å². The van der Waals surface area contributed by atoms with Crippen LogP contribution < -0.4 is 10.6 Å². The summed E-state index contributed by atoms with van der Waals surface area (Å²) >= 11 is 0. The first kappa shape index (κ1) is 18.1. The van der Waals surface area contributed by atoms with E-state index in [9.17, 15) is 9.59 Å². The van der Waals surface area contributed by atoms with Gasteiger partial charge in [0.2, 0.25) is 0 Å². The van der Waals surface area contributed by atoms with Crippen molar-refractivity contribution in [3.63, 3.8) is 0 Å². The van der Waals surface area contributed by atoms with Crippen LogP contribution in [-0.2, 0) is 13.0 Å². The summed E-state index contributed by atoms with van der Waals surface area (Å²) in [5, 5.41) is 10.3. The minimum absolute atomic E-state index is 0.0694. The molecule has 138 valence electrons. The van der Waals surface area contributed by atoms with Gasteiger partial charge in [0.1, 0.15) is 0 Å². The van der Waals surface area contributed by atoms with Crippen LogP contribution in [0.5, 0.6) is 0 Å². The molecule has 0 fully saturated rings. The highest BCUT2D eigenvalue weighted by Gasteiger charge is 2.25. The third-order valence-electron chi connectivity index (χ3n) is 4.57. The van der Waals surface area contributed by atoms with Crippen molar-refractivity contribution in [3.05, 3.63) is 47.5 Å². The molecule has 26 heavy (non-hydrogen) atoms. The lowest BCUT2D eigenvalue weighted by Crippen LogP contribution is -2.34. The molecule has 0 saturated heterocycles. The van der Waals surface area contributed by atoms with Crippen LogP contribution >= 0.6 is 0 Å². The SMILES string of the molecule is CC(C)CNC(=O)c1cnn2c1CC(CNC(=O)c1cccnc1)CC2. The number of aromatic nitrogens is 3. The largest absolute Gasteiger partial charge is 0.352 e. The van der Waals surface area contributed by atoms with Gasteiger partial charge >= 0.3 is 0 Å². The number of hydrogen-bond donors (Lipinski definition) is 2. The molecule has 2 aromatic rings. The molecule has 2 aromatic heterocycles. The molecule has 0 aromatic carbocycles. The second kappa shape index (κ2) is 8.12. The Morgan fingerprint density at radius 3 is 2.85 bits per heavy atom. The van der Waals surface area contributed by atoms with E-state index in [0.29, 0.717) is 30.1 Å². The highest BCUT2D eigenvalue weighted by Crippen LogP contribution is 2.22. The molecule has 2 amide bonds. The highest BCUT2D eigenvalue weighted by molar-refractivity contribution is 5.95. The Kier molecular flexibility index (Phi) is 5.65. The van der Waals surface area contributed by atoms with Gasteiger partial charge in [-0.1, -0.05) is 13.8 Å². The standard InChI is InChI=1S/C19H25N5O2/c1-13(2)9-21-19(26)16-12-23-24-7-5-14(8-17(16)24)10-22-18(25)15-4-3-6-20-11-15/h3-4,6,11-14H,5,7-10H2,1-2H3,(H,21,26)(H,22,25). The van der Waals surface area contributed by atoms with Gasteiger partial charge < -0.3 is 10.6 Å². The first-order chi connectivity index (χ1) is 12.5. The monoisotopic (exact) mass is 355 g/mol. The van der Waals surface area contributed by atoms with Crippen LogP contribution in [0, 0.1) is 11.8 Å². The van der Waals surface area contributed by atoms with E-state index in [1.54, 1.807) is 30.7 Å². The number of carbonyl (C=O) groups is 2. The number of nitrogens with zero attached hydrogens (tertiary/aromatic N) is 3. The average Bonchev–Trinajstić information content (AvgIpc) is 3.08. The van der Waals surface area contributed by atoms with Crippen LogP contribution in [0.25, 0.3) is 0 Å². The lowest BCUT2D eigenvalue weighted by atomic mass is 9.94. The van der Waals surface area contributed by atoms with Crippen molar-refractivity contribution in [3.8, 4) is 0 Å². The number of rotatable bonds is 6. The van der Waals surface area contributed by atoms with Crippen LogP contribution in [0.4, 0.5) is 0 Å². The molecule has 3 rings (SSSR count). The summed E-state index contributed by atoms with van der Waals surface area (Å²) in [6, 6.07) is 3.49. The molecule has 0 aliphatic carbocycles. The van der Waals surface area contributed by atoms with Crippen molar-refractivity contribution in [1.82, 2.24) is 25.4 Å². The Hall–Kier alpha value is -2.70. The highest BCUT2D eigenvalue weighted by atomic mass is 16.2. The number of fused-ring (bicyclic) bond motifs is 1. The van der Waals surface area contributed by atoms with Crippen molar-refractivity contribution in [2.45, 2.75) is 33.2 Å². The van der Waals surface area contributed by atoms with Crippen molar-refractivity contribution >= 4 is 11.8 Å². The molecule has 0 radical (unpaired) electrons. The van der Waals surface area contributed by atoms with Crippen molar-refractivity contribution in [2.75, 3.05) is 13.1 Å². The maximum absolute atomic E-state index is 12.4. The topological polar surface area (TPSA) is 88.9 Å². The van der Waals surface area contributed by atoms with Gasteiger partial charge in [-0.3, -0.25) is 19.3 Å². The molecule has 1 atom stereocenters.